The van der Waals surface area contributed by atoms with Crippen LogP contribution in [0.4, 0.5) is 16.2 Å². The normalized spacial score (nSPS) is 25.5. The van der Waals surface area contributed by atoms with Gasteiger partial charge in [0, 0.05) is 95.0 Å². The number of amides is 7. The summed E-state index contributed by atoms with van der Waals surface area (Å²) in [5.41, 5.74) is 4.98. The van der Waals surface area contributed by atoms with Crippen molar-refractivity contribution in [2.45, 2.75) is 147 Å². The third-order valence-electron chi connectivity index (χ3n) is 18.3. The van der Waals surface area contributed by atoms with E-state index in [1.54, 1.807) is 43.9 Å². The number of fused-ring (bicyclic) bond motifs is 5. The highest BCUT2D eigenvalue weighted by atomic mass is 16.6. The van der Waals surface area contributed by atoms with Crippen LogP contribution in [-0.2, 0) is 42.9 Å². The lowest BCUT2D eigenvalue weighted by Gasteiger charge is -2.53. The fraction of sp³-hybridized carbons (Fsp3) is 0.600. The lowest BCUT2D eigenvalue weighted by molar-refractivity contribution is -0.143. The summed E-state index contributed by atoms with van der Waals surface area (Å²) < 4.78 is 22.8. The SMILES string of the molecule is CC#C[C@]1(O)CC[C@H]2[C@@H]3CCC4=CC(=O)CCC4=C3[C@@H](c3ccc(N(C)CCCC(=O)N4CCN(C(=O)OC(C)(C)C)CC4C(=O)NCCCOCCOCCOCCCNc4cccc5c4C(=O)N(C4CCC(=O)NC4=O)C5=O)cc3)C[C@@]21C. The van der Waals surface area contributed by atoms with Gasteiger partial charge in [0.1, 0.15) is 23.3 Å². The third-order valence-corrected chi connectivity index (χ3v) is 18.3. The summed E-state index contributed by atoms with van der Waals surface area (Å²) in [6.07, 6.45) is 8.93. The molecule has 2 aromatic carbocycles. The van der Waals surface area contributed by atoms with E-state index in [0.29, 0.717) is 109 Å². The van der Waals surface area contributed by atoms with Gasteiger partial charge >= 0.3 is 6.09 Å². The molecule has 0 bridgehead atoms. The van der Waals surface area contributed by atoms with Crippen LogP contribution in [0.15, 0.2) is 65.3 Å². The van der Waals surface area contributed by atoms with Gasteiger partial charge in [-0.05, 0) is 151 Å². The van der Waals surface area contributed by atoms with Crippen molar-refractivity contribution in [3.63, 3.8) is 0 Å². The molecule has 4 N–H and O–H groups in total. The van der Waals surface area contributed by atoms with Gasteiger partial charge in [-0.3, -0.25) is 43.8 Å². The molecule has 0 radical (unpaired) electrons. The van der Waals surface area contributed by atoms with Gasteiger partial charge in [-0.2, -0.15) is 0 Å². The maximum Gasteiger partial charge on any atom is 0.410 e. The molecule has 0 spiro atoms. The molecule has 3 heterocycles. The number of rotatable bonds is 23. The van der Waals surface area contributed by atoms with Crippen LogP contribution in [0, 0.1) is 29.1 Å². The number of allylic oxidation sites excluding steroid dienone is 4. The van der Waals surface area contributed by atoms with Crippen LogP contribution in [0.3, 0.4) is 0 Å². The first-order chi connectivity index (χ1) is 40.7. The van der Waals surface area contributed by atoms with Gasteiger partial charge in [-0.15, -0.1) is 5.92 Å². The number of hydrogen-bond donors (Lipinski definition) is 4. The first kappa shape index (κ1) is 62.6. The molecule has 4 fully saturated rings. The number of hydrogen-bond acceptors (Lipinski definition) is 15. The Balaban J connectivity index is 0.687. The summed E-state index contributed by atoms with van der Waals surface area (Å²) in [5, 5.41) is 20.5. The van der Waals surface area contributed by atoms with Crippen LogP contribution in [0.25, 0.3) is 0 Å². The minimum absolute atomic E-state index is 0.00339. The minimum Gasteiger partial charge on any atom is -0.444 e. The van der Waals surface area contributed by atoms with Crippen LogP contribution in [0.2, 0.25) is 0 Å². The van der Waals surface area contributed by atoms with Crippen molar-refractivity contribution < 1.29 is 62.4 Å². The number of ketones is 1. The Kier molecular flexibility index (Phi) is 20.0. The standard InChI is InChI=1S/C65H85N7O13/c1-7-26-65(81)27-25-50-47-21-17-43-39-45(73)20-22-46(43)56(47)49(40-64(50,65)5)42-15-18-44(19-16-42)69(6)30-9-14-55(75)71-32-31-70(62(80)85-63(2,3)4)41-53(71)58(76)67-29-11-34-83-36-38-84-37-35-82-33-10-28-66-51-13-8-12-48-57(51)61(79)72(60(48)78)52-23-24-54(74)68-59(52)77/h8,12-13,15-16,18-19,39,47,49-50,52-53,66,81H,9-11,14,17,20-25,27-38,40-41H2,1-6H3,(H,67,76)(H,68,74,77)/t47-,49+,50-,52?,53?,64-,65-/m0/s1. The second-order valence-electron chi connectivity index (χ2n) is 24.9. The van der Waals surface area contributed by atoms with Crippen molar-refractivity contribution in [3.8, 4) is 11.8 Å². The second-order valence-corrected chi connectivity index (χ2v) is 24.9. The highest BCUT2D eigenvalue weighted by Gasteiger charge is 2.62. The first-order valence-corrected chi connectivity index (χ1v) is 30.5. The highest BCUT2D eigenvalue weighted by molar-refractivity contribution is 6.25. The second kappa shape index (κ2) is 27.2. The Morgan fingerprint density at radius 3 is 2.27 bits per heavy atom. The van der Waals surface area contributed by atoms with E-state index in [2.05, 4.69) is 63.9 Å². The zero-order chi connectivity index (χ0) is 60.6. The maximum atomic E-state index is 14.0. The van der Waals surface area contributed by atoms with Gasteiger partial charge in [0.25, 0.3) is 11.8 Å². The summed E-state index contributed by atoms with van der Waals surface area (Å²) >= 11 is 0. The monoisotopic (exact) mass is 1170 g/mol. The molecule has 7 atom stereocenters. The number of carbonyl (C=O) groups excluding carboxylic acids is 8. The van der Waals surface area contributed by atoms with Gasteiger partial charge in [-0.25, -0.2) is 4.79 Å². The molecule has 2 saturated carbocycles. The maximum absolute atomic E-state index is 14.0. The van der Waals surface area contributed by atoms with Crippen LogP contribution in [0.5, 0.6) is 0 Å². The summed E-state index contributed by atoms with van der Waals surface area (Å²) in [6.45, 7) is 13.4. The van der Waals surface area contributed by atoms with E-state index in [1.165, 1.54) is 27.2 Å². The lowest BCUT2D eigenvalue weighted by atomic mass is 9.51. The number of ether oxygens (including phenoxy) is 4. The van der Waals surface area contributed by atoms with Gasteiger partial charge in [0.2, 0.25) is 23.6 Å². The van der Waals surface area contributed by atoms with E-state index in [0.717, 1.165) is 42.7 Å². The molecule has 20 nitrogen and oxygen atoms in total. The molecule has 85 heavy (non-hydrogen) atoms. The largest absolute Gasteiger partial charge is 0.444 e. The predicted octanol–water partition coefficient (Wildman–Crippen LogP) is 6.46. The van der Waals surface area contributed by atoms with Crippen LogP contribution in [0.1, 0.15) is 150 Å². The molecule has 7 amide bonds. The Hall–Kier alpha value is -6.92. The van der Waals surface area contributed by atoms with E-state index in [1.807, 2.05) is 20.0 Å². The van der Waals surface area contributed by atoms with E-state index >= 15 is 0 Å². The van der Waals surface area contributed by atoms with Crippen molar-refractivity contribution in [1.82, 2.24) is 25.3 Å². The molecule has 7 aliphatic rings. The Morgan fingerprint density at radius 2 is 1.56 bits per heavy atom. The Morgan fingerprint density at radius 1 is 0.847 bits per heavy atom. The summed E-state index contributed by atoms with van der Waals surface area (Å²) in [6, 6.07) is 11.7. The van der Waals surface area contributed by atoms with Crippen molar-refractivity contribution in [2.24, 2.45) is 17.3 Å². The van der Waals surface area contributed by atoms with E-state index in [4.69, 9.17) is 18.9 Å². The lowest BCUT2D eigenvalue weighted by Crippen LogP contribution is -2.62. The Bertz CT molecular complexity index is 3010. The summed E-state index contributed by atoms with van der Waals surface area (Å²) in [5.74, 6) is 4.53. The number of carbonyl (C=O) groups is 8. The number of nitrogens with one attached hydrogen (secondary N) is 3. The number of anilines is 2. The van der Waals surface area contributed by atoms with Crippen molar-refractivity contribution >= 4 is 58.7 Å². The topological polar surface area (TPSA) is 243 Å². The van der Waals surface area contributed by atoms with Gasteiger partial charge in [0.05, 0.1) is 44.1 Å². The van der Waals surface area contributed by atoms with Crippen molar-refractivity contribution in [3.05, 3.63) is 82.0 Å². The van der Waals surface area contributed by atoms with Crippen molar-refractivity contribution in [1.29, 1.82) is 0 Å². The van der Waals surface area contributed by atoms with E-state index in [-0.39, 0.29) is 79.0 Å². The number of piperidine rings is 1. The molecule has 2 unspecified atom stereocenters. The fourth-order valence-electron chi connectivity index (χ4n) is 14.0. The van der Waals surface area contributed by atoms with Gasteiger partial charge in [0.15, 0.2) is 5.78 Å². The number of nitrogens with zero attached hydrogens (tertiary/aromatic N) is 4. The molecule has 0 aromatic heterocycles. The molecular formula is C65H85N7O13. The molecular weight excluding hydrogens is 1090 g/mol. The Labute approximate surface area is 499 Å². The molecule has 4 aliphatic carbocycles. The molecule has 20 heteroatoms. The summed E-state index contributed by atoms with van der Waals surface area (Å²) in [4.78, 5) is 110. The van der Waals surface area contributed by atoms with Gasteiger partial charge < -0.3 is 49.4 Å². The number of piperazine rings is 1. The van der Waals surface area contributed by atoms with Crippen molar-refractivity contribution in [2.75, 3.05) is 96.2 Å². The van der Waals surface area contributed by atoms with E-state index < -0.39 is 53.0 Å². The van der Waals surface area contributed by atoms with Crippen LogP contribution >= 0.6 is 0 Å². The fourth-order valence-corrected chi connectivity index (χ4v) is 14.0. The zero-order valence-electron chi connectivity index (χ0n) is 50.3. The molecule has 458 valence electrons. The average Bonchev–Trinajstić information content (AvgIpc) is 1.75. The average molecular weight is 1170 g/mol. The van der Waals surface area contributed by atoms with Crippen LogP contribution < -0.4 is 20.9 Å². The molecule has 2 saturated heterocycles. The number of aliphatic hydroxyl groups is 1. The van der Waals surface area contributed by atoms with Crippen LogP contribution in [-0.4, -0.2) is 176 Å². The number of imide groups is 2. The quantitative estimate of drug-likeness (QED) is 0.0530. The smallest absolute Gasteiger partial charge is 0.410 e. The third kappa shape index (κ3) is 14.0. The first-order valence-electron chi connectivity index (χ1n) is 30.5. The molecule has 3 aliphatic heterocycles. The number of benzene rings is 2. The molecule has 9 rings (SSSR count). The minimum atomic E-state index is -1.05. The summed E-state index contributed by atoms with van der Waals surface area (Å²) in [7, 11) is 2.01. The highest BCUT2D eigenvalue weighted by Crippen LogP contribution is 2.66. The van der Waals surface area contributed by atoms with E-state index in [9.17, 15) is 43.5 Å². The van der Waals surface area contributed by atoms with Gasteiger partial charge in [-0.1, -0.05) is 36.6 Å². The predicted molar refractivity (Wildman–Crippen MR) is 317 cm³/mol. The zero-order valence-corrected chi connectivity index (χ0v) is 50.3. The molecule has 2 aromatic rings.